The fourth-order valence-electron chi connectivity index (χ4n) is 7.16. The van der Waals surface area contributed by atoms with Gasteiger partial charge in [-0.3, -0.25) is 9.80 Å². The van der Waals surface area contributed by atoms with E-state index in [2.05, 4.69) is 52.8 Å². The third-order valence-electron chi connectivity index (χ3n) is 10.1. The molecule has 0 N–H and O–H groups in total. The summed E-state index contributed by atoms with van der Waals surface area (Å²) in [7, 11) is -3.62. The summed E-state index contributed by atoms with van der Waals surface area (Å²) in [5.41, 5.74) is 2.51. The van der Waals surface area contributed by atoms with E-state index in [1.807, 2.05) is 12.1 Å². The predicted molar refractivity (Wildman–Crippen MR) is 180 cm³/mol. The molecule has 46 heavy (non-hydrogen) atoms. The highest BCUT2D eigenvalue weighted by Crippen LogP contribution is 2.36. The molecule has 2 fully saturated rings. The van der Waals surface area contributed by atoms with Crippen molar-refractivity contribution >= 4 is 9.84 Å². The van der Waals surface area contributed by atoms with Gasteiger partial charge in [-0.1, -0.05) is 38.1 Å². The van der Waals surface area contributed by atoms with Crippen molar-refractivity contribution in [2.24, 2.45) is 11.8 Å². The topological polar surface area (TPSA) is 71.6 Å². The largest absolute Gasteiger partial charge is 0.492 e. The third-order valence-corrected chi connectivity index (χ3v) is 11.9. The summed E-state index contributed by atoms with van der Waals surface area (Å²) in [4.78, 5) is 8.03. The molecule has 0 saturated carbocycles. The van der Waals surface area contributed by atoms with E-state index < -0.39 is 9.84 Å². The summed E-state index contributed by atoms with van der Waals surface area (Å²) in [6.07, 6.45) is 5.07. The van der Waals surface area contributed by atoms with Crippen molar-refractivity contribution < 1.29 is 22.6 Å². The number of ether oxygens (including phenoxy) is 3. The van der Waals surface area contributed by atoms with Crippen LogP contribution in [-0.4, -0.2) is 82.3 Å². The van der Waals surface area contributed by atoms with Crippen molar-refractivity contribution in [1.82, 2.24) is 14.7 Å². The summed E-state index contributed by atoms with van der Waals surface area (Å²) in [6.45, 7) is 14.8. The third kappa shape index (κ3) is 8.05. The zero-order chi connectivity index (χ0) is 31.9. The first-order chi connectivity index (χ1) is 22.4. The van der Waals surface area contributed by atoms with E-state index >= 15 is 0 Å². The minimum absolute atomic E-state index is 0.119. The Kier molecular flexibility index (Phi) is 10.8. The highest BCUT2D eigenvalue weighted by molar-refractivity contribution is 7.91. The van der Waals surface area contributed by atoms with Crippen LogP contribution < -0.4 is 14.2 Å². The molecule has 8 nitrogen and oxygen atoms in total. The molecule has 6 rings (SSSR count). The van der Waals surface area contributed by atoms with E-state index in [0.717, 1.165) is 75.6 Å². The number of likely N-dealkylation sites (N-methyl/N-ethyl adjacent to an activating group) is 1. The molecule has 0 spiro atoms. The first-order valence-electron chi connectivity index (χ1n) is 17.0. The zero-order valence-corrected chi connectivity index (χ0v) is 28.2. The van der Waals surface area contributed by atoms with Crippen LogP contribution in [0.25, 0.3) is 0 Å². The standard InChI is InChI=1S/C37H49N3O5S/c1-3-38(4-2)23-24-43-33-9-5-29(6-10-33)26-39-19-15-31(16-20-39)32-17-21-40(22-18-32)27-30-7-11-34(12-8-30)46(41,42)35-13-14-36-37(25-35)45-28-44-36/h5-14,25,31-32H,3-4,15-24,26-28H2,1-2H3. The van der Waals surface area contributed by atoms with Gasteiger partial charge in [0, 0.05) is 25.7 Å². The molecule has 0 amide bonds. The second kappa shape index (κ2) is 15.2. The van der Waals surface area contributed by atoms with Crippen LogP contribution in [-0.2, 0) is 22.9 Å². The van der Waals surface area contributed by atoms with Gasteiger partial charge in [-0.05, 0) is 124 Å². The van der Waals surface area contributed by atoms with Crippen LogP contribution in [0.3, 0.4) is 0 Å². The maximum atomic E-state index is 13.2. The van der Waals surface area contributed by atoms with Crippen molar-refractivity contribution in [3.05, 3.63) is 77.9 Å². The van der Waals surface area contributed by atoms with Crippen molar-refractivity contribution in [3.8, 4) is 17.2 Å². The lowest BCUT2D eigenvalue weighted by Gasteiger charge is -2.40. The average molecular weight is 648 g/mol. The lowest BCUT2D eigenvalue weighted by Crippen LogP contribution is -2.40. The molecule has 0 aromatic heterocycles. The zero-order valence-electron chi connectivity index (χ0n) is 27.4. The lowest BCUT2D eigenvalue weighted by molar-refractivity contribution is 0.0909. The Morgan fingerprint density at radius 3 is 1.80 bits per heavy atom. The van der Waals surface area contributed by atoms with Gasteiger partial charge in [0.2, 0.25) is 16.6 Å². The molecule has 3 aliphatic rings. The Morgan fingerprint density at radius 2 is 1.24 bits per heavy atom. The highest BCUT2D eigenvalue weighted by atomic mass is 32.2. The van der Waals surface area contributed by atoms with E-state index in [-0.39, 0.29) is 11.7 Å². The monoisotopic (exact) mass is 647 g/mol. The summed E-state index contributed by atoms with van der Waals surface area (Å²) >= 11 is 0. The van der Waals surface area contributed by atoms with Gasteiger partial charge in [0.25, 0.3) is 0 Å². The SMILES string of the molecule is CCN(CC)CCOc1ccc(CN2CCC(C3CCN(Cc4ccc(S(=O)(=O)c5ccc6c(c5)OCO6)cc4)CC3)CC2)cc1. The van der Waals surface area contributed by atoms with Crippen LogP contribution in [0.1, 0.15) is 50.7 Å². The van der Waals surface area contributed by atoms with Crippen molar-refractivity contribution in [1.29, 1.82) is 0 Å². The fraction of sp³-hybridized carbons (Fsp3) is 0.514. The normalized spacial score (nSPS) is 18.3. The molecule has 3 heterocycles. The Bertz CT molecular complexity index is 1510. The van der Waals surface area contributed by atoms with Crippen LogP contribution in [0.15, 0.2) is 76.5 Å². The maximum absolute atomic E-state index is 13.2. The summed E-state index contributed by atoms with van der Waals surface area (Å²) in [5, 5.41) is 0. The smallest absolute Gasteiger partial charge is 0.231 e. The van der Waals surface area contributed by atoms with Crippen molar-refractivity contribution in [2.75, 3.05) is 59.2 Å². The van der Waals surface area contributed by atoms with Gasteiger partial charge in [0.05, 0.1) is 9.79 Å². The molecule has 0 aliphatic carbocycles. The summed E-state index contributed by atoms with van der Waals surface area (Å²) < 4.78 is 43.0. The molecule has 0 atom stereocenters. The molecule has 0 radical (unpaired) electrons. The number of fused-ring (bicyclic) bond motifs is 1. The quantitative estimate of drug-likeness (QED) is 0.221. The van der Waals surface area contributed by atoms with E-state index in [4.69, 9.17) is 14.2 Å². The summed E-state index contributed by atoms with van der Waals surface area (Å²) in [5.74, 6) is 3.64. The van der Waals surface area contributed by atoms with Gasteiger partial charge in [-0.25, -0.2) is 8.42 Å². The average Bonchev–Trinajstić information content (AvgIpc) is 3.57. The molecule has 0 unspecified atom stereocenters. The number of likely N-dealkylation sites (tertiary alicyclic amines) is 2. The lowest BCUT2D eigenvalue weighted by atomic mass is 9.78. The molecule has 0 bridgehead atoms. The van der Waals surface area contributed by atoms with E-state index in [0.29, 0.717) is 16.4 Å². The van der Waals surface area contributed by atoms with Gasteiger partial charge >= 0.3 is 0 Å². The van der Waals surface area contributed by atoms with Crippen LogP contribution in [0.4, 0.5) is 0 Å². The first kappa shape index (κ1) is 32.8. The van der Waals surface area contributed by atoms with Gasteiger partial charge in [-0.15, -0.1) is 0 Å². The Balaban J connectivity index is 0.909. The number of nitrogens with zero attached hydrogens (tertiary/aromatic N) is 3. The van der Waals surface area contributed by atoms with Gasteiger partial charge in [-0.2, -0.15) is 0 Å². The van der Waals surface area contributed by atoms with E-state index in [9.17, 15) is 8.42 Å². The molecule has 2 saturated heterocycles. The fourth-order valence-corrected chi connectivity index (χ4v) is 8.43. The molecule has 3 aromatic rings. The minimum atomic E-state index is -3.62. The second-order valence-corrected chi connectivity index (χ2v) is 14.9. The predicted octanol–water partition coefficient (Wildman–Crippen LogP) is 6.09. The highest BCUT2D eigenvalue weighted by Gasteiger charge is 2.30. The molecule has 248 valence electrons. The molecule has 9 heteroatoms. The van der Waals surface area contributed by atoms with E-state index in [1.165, 1.54) is 44.3 Å². The van der Waals surface area contributed by atoms with Crippen LogP contribution >= 0.6 is 0 Å². The number of piperidine rings is 2. The number of hydrogen-bond acceptors (Lipinski definition) is 8. The first-order valence-corrected chi connectivity index (χ1v) is 18.5. The number of hydrogen-bond donors (Lipinski definition) is 0. The van der Waals surface area contributed by atoms with Gasteiger partial charge < -0.3 is 19.1 Å². The molecular weight excluding hydrogens is 598 g/mol. The maximum Gasteiger partial charge on any atom is 0.231 e. The van der Waals surface area contributed by atoms with Crippen LogP contribution in [0.2, 0.25) is 0 Å². The summed E-state index contributed by atoms with van der Waals surface area (Å²) in [6, 6.07) is 20.8. The number of rotatable bonds is 13. The Morgan fingerprint density at radius 1 is 0.717 bits per heavy atom. The molecule has 3 aromatic carbocycles. The van der Waals surface area contributed by atoms with Crippen molar-refractivity contribution in [3.63, 3.8) is 0 Å². The minimum Gasteiger partial charge on any atom is -0.492 e. The molecular formula is C37H49N3O5S. The van der Waals surface area contributed by atoms with Crippen LogP contribution in [0.5, 0.6) is 17.2 Å². The van der Waals surface area contributed by atoms with Crippen LogP contribution in [0, 0.1) is 11.8 Å². The van der Waals surface area contributed by atoms with Gasteiger partial charge in [0.15, 0.2) is 11.5 Å². The van der Waals surface area contributed by atoms with Crippen molar-refractivity contribution in [2.45, 2.75) is 62.4 Å². The van der Waals surface area contributed by atoms with E-state index in [1.54, 1.807) is 30.3 Å². The number of benzene rings is 3. The van der Waals surface area contributed by atoms with Gasteiger partial charge in [0.1, 0.15) is 12.4 Å². The molecule has 3 aliphatic heterocycles. The Hall–Kier alpha value is -3.11. The number of sulfone groups is 1. The second-order valence-electron chi connectivity index (χ2n) is 12.9. The Labute approximate surface area is 275 Å².